The Morgan fingerprint density at radius 2 is 1.88 bits per heavy atom. The summed E-state index contributed by atoms with van der Waals surface area (Å²) in [6, 6.07) is 17.3. The Hall–Kier alpha value is -2.83. The molecule has 5 nitrogen and oxygen atoms in total. The van der Waals surface area contributed by atoms with Crippen molar-refractivity contribution in [3.05, 3.63) is 93.1 Å². The number of aromatic nitrogens is 3. The lowest BCUT2D eigenvalue weighted by Crippen LogP contribution is -2.43. The van der Waals surface area contributed by atoms with Crippen LogP contribution >= 0.6 is 11.3 Å². The standard InChI is InChI=1S/C28H30N4OS/c33-27-25-23-12-11-21(30-18-28(13-5-6-14-28)20-8-2-1-3-9-20)16-24(23)34-26(25)31-19-32(27)17-22-10-4-7-15-29-22/h1-4,7-10,15,19,21,30H,5-6,11-14,16-18H2/t21-/m0/s1. The van der Waals surface area contributed by atoms with E-state index in [2.05, 4.69) is 45.6 Å². The first-order valence-corrected chi connectivity index (χ1v) is 13.2. The topological polar surface area (TPSA) is 59.8 Å². The number of hydrogen-bond acceptors (Lipinski definition) is 5. The van der Waals surface area contributed by atoms with Crippen LogP contribution in [-0.2, 0) is 24.8 Å². The third kappa shape index (κ3) is 3.99. The highest BCUT2D eigenvalue weighted by atomic mass is 32.1. The Morgan fingerprint density at radius 1 is 1.06 bits per heavy atom. The van der Waals surface area contributed by atoms with Gasteiger partial charge in [-0.2, -0.15) is 0 Å². The van der Waals surface area contributed by atoms with Crippen molar-refractivity contribution >= 4 is 21.6 Å². The lowest BCUT2D eigenvalue weighted by molar-refractivity contribution is 0.357. The van der Waals surface area contributed by atoms with Gasteiger partial charge in [0.05, 0.1) is 24.0 Å². The van der Waals surface area contributed by atoms with Crippen LogP contribution in [0.5, 0.6) is 0 Å². The van der Waals surface area contributed by atoms with Gasteiger partial charge >= 0.3 is 0 Å². The van der Waals surface area contributed by atoms with Gasteiger partial charge < -0.3 is 5.32 Å². The largest absolute Gasteiger partial charge is 0.313 e. The van der Waals surface area contributed by atoms with E-state index in [1.807, 2.05) is 18.2 Å². The molecule has 34 heavy (non-hydrogen) atoms. The second-order valence-electron chi connectivity index (χ2n) is 9.86. The molecule has 0 bridgehead atoms. The molecular weight excluding hydrogens is 440 g/mol. The van der Waals surface area contributed by atoms with Gasteiger partial charge in [-0.1, -0.05) is 49.2 Å². The van der Waals surface area contributed by atoms with Gasteiger partial charge in [0, 0.05) is 29.1 Å². The molecule has 2 aliphatic rings. The van der Waals surface area contributed by atoms with Gasteiger partial charge in [-0.3, -0.25) is 14.3 Å². The molecule has 0 saturated heterocycles. The van der Waals surface area contributed by atoms with Crippen molar-refractivity contribution in [2.45, 2.75) is 62.9 Å². The molecule has 6 heteroatoms. The van der Waals surface area contributed by atoms with Crippen LogP contribution in [0.3, 0.4) is 0 Å². The summed E-state index contributed by atoms with van der Waals surface area (Å²) < 4.78 is 1.70. The van der Waals surface area contributed by atoms with E-state index in [0.29, 0.717) is 12.6 Å². The quantitative estimate of drug-likeness (QED) is 0.437. The smallest absolute Gasteiger partial charge is 0.262 e. The van der Waals surface area contributed by atoms with Crippen LogP contribution in [0.25, 0.3) is 10.2 Å². The summed E-state index contributed by atoms with van der Waals surface area (Å²) >= 11 is 1.71. The van der Waals surface area contributed by atoms with Crippen molar-refractivity contribution in [3.63, 3.8) is 0 Å². The van der Waals surface area contributed by atoms with Gasteiger partial charge in [-0.05, 0) is 55.4 Å². The van der Waals surface area contributed by atoms with Gasteiger partial charge in [0.2, 0.25) is 0 Å². The zero-order valence-corrected chi connectivity index (χ0v) is 20.2. The summed E-state index contributed by atoms with van der Waals surface area (Å²) in [5.41, 5.74) is 3.91. The summed E-state index contributed by atoms with van der Waals surface area (Å²) in [6.45, 7) is 1.50. The molecule has 1 N–H and O–H groups in total. The molecule has 0 radical (unpaired) electrons. The number of benzene rings is 1. The van der Waals surface area contributed by atoms with Crippen molar-refractivity contribution in [2.24, 2.45) is 0 Å². The highest BCUT2D eigenvalue weighted by Gasteiger charge is 2.36. The second kappa shape index (κ2) is 9.08. The Labute approximate surface area is 203 Å². The fraction of sp³-hybridized carbons (Fsp3) is 0.393. The van der Waals surface area contributed by atoms with Crippen molar-refractivity contribution < 1.29 is 0 Å². The molecule has 0 spiro atoms. The molecule has 2 aliphatic carbocycles. The van der Waals surface area contributed by atoms with Crippen LogP contribution in [0.15, 0.2) is 65.8 Å². The minimum absolute atomic E-state index is 0.0635. The lowest BCUT2D eigenvalue weighted by Gasteiger charge is -2.33. The molecule has 6 rings (SSSR count). The number of thiophene rings is 1. The van der Waals surface area contributed by atoms with Crippen molar-refractivity contribution in [3.8, 4) is 0 Å². The molecule has 3 heterocycles. The van der Waals surface area contributed by atoms with E-state index < -0.39 is 0 Å². The average Bonchev–Trinajstić information content (AvgIpc) is 3.51. The Morgan fingerprint density at radius 3 is 2.68 bits per heavy atom. The number of fused-ring (bicyclic) bond motifs is 3. The van der Waals surface area contributed by atoms with Gasteiger partial charge in [0.15, 0.2) is 0 Å². The van der Waals surface area contributed by atoms with E-state index in [1.54, 1.807) is 28.4 Å². The normalized spacial score (nSPS) is 19.4. The highest BCUT2D eigenvalue weighted by Crippen LogP contribution is 2.41. The summed E-state index contributed by atoms with van der Waals surface area (Å²) in [6.07, 6.45) is 11.6. The first-order chi connectivity index (χ1) is 16.7. The zero-order valence-electron chi connectivity index (χ0n) is 19.4. The maximum Gasteiger partial charge on any atom is 0.262 e. The van der Waals surface area contributed by atoms with Crippen LogP contribution in [0, 0.1) is 0 Å². The van der Waals surface area contributed by atoms with E-state index in [0.717, 1.165) is 41.7 Å². The fourth-order valence-corrected chi connectivity index (χ4v) is 7.16. The third-order valence-electron chi connectivity index (χ3n) is 7.77. The number of hydrogen-bond donors (Lipinski definition) is 1. The summed E-state index contributed by atoms with van der Waals surface area (Å²) in [4.78, 5) is 24.6. The fourth-order valence-electron chi connectivity index (χ4n) is 5.90. The molecule has 1 saturated carbocycles. The van der Waals surface area contributed by atoms with E-state index in [9.17, 15) is 4.79 Å². The maximum absolute atomic E-state index is 13.3. The van der Waals surface area contributed by atoms with Gasteiger partial charge in [-0.15, -0.1) is 11.3 Å². The second-order valence-corrected chi connectivity index (χ2v) is 10.9. The molecule has 0 aliphatic heterocycles. The van der Waals surface area contributed by atoms with Crippen LogP contribution < -0.4 is 10.9 Å². The van der Waals surface area contributed by atoms with E-state index in [-0.39, 0.29) is 11.0 Å². The average molecular weight is 471 g/mol. The van der Waals surface area contributed by atoms with Crippen LogP contribution in [0.4, 0.5) is 0 Å². The van der Waals surface area contributed by atoms with Gasteiger partial charge in [0.25, 0.3) is 5.56 Å². The highest BCUT2D eigenvalue weighted by molar-refractivity contribution is 7.18. The van der Waals surface area contributed by atoms with Gasteiger partial charge in [-0.25, -0.2) is 4.98 Å². The van der Waals surface area contributed by atoms with Gasteiger partial charge in [0.1, 0.15) is 4.83 Å². The summed E-state index contributed by atoms with van der Waals surface area (Å²) in [5, 5.41) is 4.77. The predicted octanol–water partition coefficient (Wildman–Crippen LogP) is 4.86. The number of pyridine rings is 1. The van der Waals surface area contributed by atoms with Crippen molar-refractivity contribution in [2.75, 3.05) is 6.54 Å². The number of rotatable bonds is 6. The van der Waals surface area contributed by atoms with Crippen molar-refractivity contribution in [1.29, 1.82) is 0 Å². The molecule has 4 aromatic rings. The molecule has 0 unspecified atom stereocenters. The van der Waals surface area contributed by atoms with Crippen molar-refractivity contribution in [1.82, 2.24) is 19.9 Å². The monoisotopic (exact) mass is 470 g/mol. The summed E-state index contributed by atoms with van der Waals surface area (Å²) in [7, 11) is 0. The van der Waals surface area contributed by atoms with Crippen LogP contribution in [-0.4, -0.2) is 27.1 Å². The Balaban J connectivity index is 1.21. The Kier molecular flexibility index (Phi) is 5.79. The third-order valence-corrected chi connectivity index (χ3v) is 8.93. The number of aryl methyl sites for hydroxylation is 1. The molecule has 0 amide bonds. The molecule has 174 valence electrons. The minimum atomic E-state index is 0.0635. The first kappa shape index (κ1) is 21.7. The van der Waals surface area contributed by atoms with E-state index in [1.165, 1.54) is 41.7 Å². The molecule has 1 atom stereocenters. The summed E-state index contributed by atoms with van der Waals surface area (Å²) in [5.74, 6) is 0. The van der Waals surface area contributed by atoms with Crippen LogP contribution in [0.2, 0.25) is 0 Å². The minimum Gasteiger partial charge on any atom is -0.313 e. The van der Waals surface area contributed by atoms with Crippen LogP contribution in [0.1, 0.15) is 53.8 Å². The predicted molar refractivity (Wildman–Crippen MR) is 138 cm³/mol. The molecular formula is C28H30N4OS. The number of nitrogens with one attached hydrogen (secondary N) is 1. The zero-order chi connectivity index (χ0) is 23.0. The lowest BCUT2D eigenvalue weighted by atomic mass is 9.78. The Bertz CT molecular complexity index is 1340. The molecule has 1 aromatic carbocycles. The maximum atomic E-state index is 13.3. The van der Waals surface area contributed by atoms with E-state index >= 15 is 0 Å². The number of nitrogens with zero attached hydrogens (tertiary/aromatic N) is 3. The first-order valence-electron chi connectivity index (χ1n) is 12.4. The molecule has 3 aromatic heterocycles. The molecule has 1 fully saturated rings. The van der Waals surface area contributed by atoms with E-state index in [4.69, 9.17) is 0 Å². The SMILES string of the molecule is O=c1c2c3c(sc2ncn1Cc1ccccn1)C[C@@H](NCC1(c2ccccc2)CCCC1)CC3.